The third-order valence-corrected chi connectivity index (χ3v) is 7.71. The van der Waals surface area contributed by atoms with Crippen molar-refractivity contribution in [3.63, 3.8) is 0 Å². The summed E-state index contributed by atoms with van der Waals surface area (Å²) in [6, 6.07) is 22.3. The van der Waals surface area contributed by atoms with Crippen LogP contribution in [0.3, 0.4) is 0 Å². The second kappa shape index (κ2) is 14.9. The van der Waals surface area contributed by atoms with E-state index in [9.17, 15) is 34.1 Å². The summed E-state index contributed by atoms with van der Waals surface area (Å²) in [6.45, 7) is 5.60. The second-order valence-corrected chi connectivity index (χ2v) is 11.5. The van der Waals surface area contributed by atoms with Crippen LogP contribution in [0.1, 0.15) is 78.2 Å². The maximum Gasteiger partial charge on any atom is 0.268 e. The summed E-state index contributed by atoms with van der Waals surface area (Å²) in [4.78, 5) is 36.8. The third-order valence-electron chi connectivity index (χ3n) is 7.71. The van der Waals surface area contributed by atoms with Crippen molar-refractivity contribution in [1.82, 2.24) is 9.88 Å². The largest absolute Gasteiger partial charge is 0.550 e. The molecule has 1 heterocycles. The van der Waals surface area contributed by atoms with Crippen molar-refractivity contribution in [3.05, 3.63) is 107 Å². The fraction of sp³-hybridized carbons (Fsp3) is 0.306. The number of carboxylic acids is 1. The van der Waals surface area contributed by atoms with Crippen molar-refractivity contribution in [2.75, 3.05) is 0 Å². The van der Waals surface area contributed by atoms with Crippen LogP contribution in [-0.2, 0) is 17.8 Å². The van der Waals surface area contributed by atoms with E-state index in [1.807, 2.05) is 48.7 Å². The quantitative estimate of drug-likeness (QED) is 0.174. The summed E-state index contributed by atoms with van der Waals surface area (Å²) in [5.74, 6) is -2.19. The minimum absolute atomic E-state index is 0.0489. The molecule has 0 unspecified atom stereocenters. The molecular formula is C36H38FN2O6-. The molecule has 1 aromatic heterocycles. The Kier molecular flexibility index (Phi) is 11.0. The lowest BCUT2D eigenvalue weighted by Crippen LogP contribution is -2.29. The SMILES string of the molecule is CC(=O)c1ccc(CNC(=O)c2c(-c3ccccc3)c(-c3ccc(F)cc3)c(CC[C@@H](O)C[C@@H](O)CC(=O)[O-])n2C(C)C)cc1. The number of Topliss-reactive ketones (excluding diaryl/α,β-unsaturated/α-hetero) is 1. The van der Waals surface area contributed by atoms with E-state index in [1.165, 1.54) is 19.1 Å². The van der Waals surface area contributed by atoms with E-state index in [1.54, 1.807) is 36.4 Å². The summed E-state index contributed by atoms with van der Waals surface area (Å²) in [5.41, 5.74) is 5.36. The van der Waals surface area contributed by atoms with Crippen molar-refractivity contribution >= 4 is 17.7 Å². The lowest BCUT2D eigenvalue weighted by molar-refractivity contribution is -0.307. The summed E-state index contributed by atoms with van der Waals surface area (Å²) in [6.07, 6.45) is -2.56. The molecule has 0 saturated carbocycles. The highest BCUT2D eigenvalue weighted by Gasteiger charge is 2.30. The molecule has 0 saturated heterocycles. The predicted octanol–water partition coefficient (Wildman–Crippen LogP) is 4.86. The average molecular weight is 614 g/mol. The third kappa shape index (κ3) is 8.32. The van der Waals surface area contributed by atoms with Gasteiger partial charge >= 0.3 is 0 Å². The fourth-order valence-corrected chi connectivity index (χ4v) is 5.62. The number of nitrogens with zero attached hydrogens (tertiary/aromatic N) is 1. The summed E-state index contributed by atoms with van der Waals surface area (Å²) < 4.78 is 16.0. The predicted molar refractivity (Wildman–Crippen MR) is 168 cm³/mol. The van der Waals surface area contributed by atoms with Gasteiger partial charge in [-0.15, -0.1) is 0 Å². The van der Waals surface area contributed by atoms with Crippen molar-refractivity contribution in [2.24, 2.45) is 0 Å². The number of nitrogens with one attached hydrogen (secondary N) is 1. The molecule has 0 radical (unpaired) electrons. The first-order chi connectivity index (χ1) is 21.5. The van der Waals surface area contributed by atoms with E-state index < -0.39 is 30.4 Å². The van der Waals surface area contributed by atoms with Crippen molar-refractivity contribution in [2.45, 2.75) is 71.2 Å². The first-order valence-electron chi connectivity index (χ1n) is 15.0. The maximum atomic E-state index is 14.2. The fourth-order valence-electron chi connectivity index (χ4n) is 5.62. The number of aliphatic hydroxyl groups excluding tert-OH is 2. The molecule has 9 heteroatoms. The molecule has 0 fully saturated rings. The van der Waals surface area contributed by atoms with Crippen LogP contribution in [0, 0.1) is 5.82 Å². The molecular weight excluding hydrogens is 575 g/mol. The highest BCUT2D eigenvalue weighted by molar-refractivity contribution is 6.05. The van der Waals surface area contributed by atoms with Crippen LogP contribution in [0.4, 0.5) is 4.39 Å². The average Bonchev–Trinajstić information content (AvgIpc) is 3.35. The Morgan fingerprint density at radius 1 is 0.867 bits per heavy atom. The zero-order chi connectivity index (χ0) is 32.7. The van der Waals surface area contributed by atoms with Gasteiger partial charge in [-0.25, -0.2) is 4.39 Å². The maximum absolute atomic E-state index is 14.2. The minimum atomic E-state index is -1.40. The molecule has 4 aromatic rings. The molecule has 0 bridgehead atoms. The number of amides is 1. The molecule has 2 atom stereocenters. The number of aliphatic carboxylic acids is 1. The Hall–Kier alpha value is -4.60. The monoisotopic (exact) mass is 613 g/mol. The van der Waals surface area contributed by atoms with Gasteiger partial charge in [0.1, 0.15) is 11.5 Å². The molecule has 236 valence electrons. The number of aromatic nitrogens is 1. The Labute approximate surface area is 262 Å². The number of carbonyl (C=O) groups excluding carboxylic acids is 3. The molecule has 0 aliphatic carbocycles. The topological polar surface area (TPSA) is 132 Å². The van der Waals surface area contributed by atoms with Gasteiger partial charge in [0.05, 0.1) is 12.2 Å². The summed E-state index contributed by atoms with van der Waals surface area (Å²) in [7, 11) is 0. The number of aliphatic hydroxyl groups is 2. The van der Waals surface area contributed by atoms with Crippen LogP contribution in [0.15, 0.2) is 78.9 Å². The van der Waals surface area contributed by atoms with Gasteiger partial charge in [-0.05, 0) is 68.9 Å². The van der Waals surface area contributed by atoms with E-state index in [2.05, 4.69) is 5.32 Å². The lowest BCUT2D eigenvalue weighted by Gasteiger charge is -2.20. The minimum Gasteiger partial charge on any atom is -0.550 e. The van der Waals surface area contributed by atoms with Crippen LogP contribution in [0.25, 0.3) is 22.3 Å². The number of hydrogen-bond acceptors (Lipinski definition) is 6. The van der Waals surface area contributed by atoms with Crippen LogP contribution in [0.5, 0.6) is 0 Å². The molecule has 3 aromatic carbocycles. The highest BCUT2D eigenvalue weighted by atomic mass is 19.1. The Balaban J connectivity index is 1.82. The number of rotatable bonds is 14. The highest BCUT2D eigenvalue weighted by Crippen LogP contribution is 2.42. The van der Waals surface area contributed by atoms with E-state index >= 15 is 0 Å². The van der Waals surface area contributed by atoms with Gasteiger partial charge in [0.15, 0.2) is 5.78 Å². The summed E-state index contributed by atoms with van der Waals surface area (Å²) >= 11 is 0. The van der Waals surface area contributed by atoms with Gasteiger partial charge in [0.2, 0.25) is 0 Å². The summed E-state index contributed by atoms with van der Waals surface area (Å²) in [5, 5.41) is 34.8. The van der Waals surface area contributed by atoms with Crippen LogP contribution in [0.2, 0.25) is 0 Å². The van der Waals surface area contributed by atoms with Crippen molar-refractivity contribution in [1.29, 1.82) is 0 Å². The lowest BCUT2D eigenvalue weighted by atomic mass is 9.92. The van der Waals surface area contributed by atoms with E-state index in [0.29, 0.717) is 27.9 Å². The van der Waals surface area contributed by atoms with Gasteiger partial charge in [0, 0.05) is 47.4 Å². The number of halogens is 1. The molecule has 0 aliphatic rings. The molecule has 0 spiro atoms. The van der Waals surface area contributed by atoms with Crippen LogP contribution in [-0.4, -0.2) is 44.6 Å². The zero-order valence-electron chi connectivity index (χ0n) is 25.6. The molecule has 1 amide bonds. The molecule has 4 rings (SSSR count). The van der Waals surface area contributed by atoms with Gasteiger partial charge in [0.25, 0.3) is 5.91 Å². The molecule has 0 aliphatic heterocycles. The molecule has 45 heavy (non-hydrogen) atoms. The smallest absolute Gasteiger partial charge is 0.268 e. The Morgan fingerprint density at radius 3 is 2.07 bits per heavy atom. The van der Waals surface area contributed by atoms with Gasteiger partial charge in [-0.1, -0.05) is 66.7 Å². The van der Waals surface area contributed by atoms with E-state index in [4.69, 9.17) is 0 Å². The van der Waals surface area contributed by atoms with Crippen molar-refractivity contribution < 1.29 is 34.1 Å². The first kappa shape index (κ1) is 33.3. The molecule has 8 nitrogen and oxygen atoms in total. The number of benzene rings is 3. The second-order valence-electron chi connectivity index (χ2n) is 11.5. The standard InChI is InChI=1S/C36H39FN2O6/c1-22(2)39-31(18-17-29(41)19-30(42)20-32(43)44)33(27-13-15-28(37)16-14-27)34(26-7-5-4-6-8-26)35(39)36(45)38-21-24-9-11-25(12-10-24)23(3)40/h4-16,22,29-30,41-42H,17-21H2,1-3H3,(H,38,45)(H,43,44)/p-1/t29-,30-/m1/s1. The van der Waals surface area contributed by atoms with Crippen LogP contribution >= 0.6 is 0 Å². The first-order valence-corrected chi connectivity index (χ1v) is 15.0. The van der Waals surface area contributed by atoms with Crippen molar-refractivity contribution in [3.8, 4) is 22.3 Å². The number of carbonyl (C=O) groups is 3. The number of hydrogen-bond donors (Lipinski definition) is 3. The van der Waals surface area contributed by atoms with E-state index in [0.717, 1.165) is 16.8 Å². The van der Waals surface area contributed by atoms with Gasteiger partial charge in [-0.2, -0.15) is 0 Å². The molecule has 3 N–H and O–H groups in total. The Bertz CT molecular complexity index is 1630. The van der Waals surface area contributed by atoms with Gasteiger partial charge < -0.3 is 30.0 Å². The van der Waals surface area contributed by atoms with Gasteiger partial charge in [-0.3, -0.25) is 9.59 Å². The normalized spacial score (nSPS) is 12.6. The number of ketones is 1. The van der Waals surface area contributed by atoms with E-state index in [-0.39, 0.29) is 43.5 Å². The van der Waals surface area contributed by atoms with Crippen LogP contribution < -0.4 is 10.4 Å². The Morgan fingerprint density at radius 2 is 1.49 bits per heavy atom. The zero-order valence-corrected chi connectivity index (χ0v) is 25.6. The number of carboxylic acid groups (broad SMARTS) is 1.